The average Bonchev–Trinajstić information content (AvgIpc) is 1.82. The van der Waals surface area contributed by atoms with E-state index in [-0.39, 0.29) is 0 Å². The third-order valence-corrected chi connectivity index (χ3v) is 0.797. The fourth-order valence-corrected chi connectivity index (χ4v) is 0.405. The Morgan fingerprint density at radius 2 is 2.18 bits per heavy atom. The summed E-state index contributed by atoms with van der Waals surface area (Å²) in [6, 6.07) is -1.06. The molecule has 0 aromatic rings. The van der Waals surface area contributed by atoms with E-state index in [9.17, 15) is 13.6 Å². The van der Waals surface area contributed by atoms with Crippen molar-refractivity contribution in [1.82, 2.24) is 0 Å². The van der Waals surface area contributed by atoms with Gasteiger partial charge < -0.3 is 10.8 Å². The van der Waals surface area contributed by atoms with Crippen molar-refractivity contribution in [2.24, 2.45) is 5.73 Å². The number of rotatable bonds is 2. The van der Waals surface area contributed by atoms with Gasteiger partial charge in [0, 0.05) is 12.3 Å². The van der Waals surface area contributed by atoms with E-state index in [0.717, 1.165) is 0 Å². The van der Waals surface area contributed by atoms with Crippen molar-refractivity contribution in [1.29, 1.82) is 0 Å². The molecule has 0 spiro atoms. The van der Waals surface area contributed by atoms with Crippen molar-refractivity contribution in [2.45, 2.75) is 18.9 Å². The van der Waals surface area contributed by atoms with Gasteiger partial charge in [-0.1, -0.05) is 5.92 Å². The van der Waals surface area contributed by atoms with Crippen molar-refractivity contribution < 1.29 is 18.7 Å². The molecule has 0 heterocycles. The smallest absolute Gasteiger partial charge is 0.381 e. The van der Waals surface area contributed by atoms with Crippen molar-refractivity contribution in [3.63, 3.8) is 0 Å². The summed E-state index contributed by atoms with van der Waals surface area (Å²) < 4.78 is 23.0. The van der Waals surface area contributed by atoms with E-state index < -0.39 is 24.9 Å². The number of nitrogens with two attached hydrogens (primary N) is 1. The Labute approximate surface area is 62.2 Å². The van der Waals surface area contributed by atoms with Gasteiger partial charge in [-0.05, 0) is 0 Å². The quantitative estimate of drug-likeness (QED) is 0.565. The molecule has 1 atom stereocenters. The van der Waals surface area contributed by atoms with Gasteiger partial charge >= 0.3 is 5.97 Å². The summed E-state index contributed by atoms with van der Waals surface area (Å²) in [4.78, 5) is 9.77. The van der Waals surface area contributed by atoms with Crippen molar-refractivity contribution in [2.75, 3.05) is 0 Å². The zero-order valence-electron chi connectivity index (χ0n) is 5.55. The Morgan fingerprint density at radius 3 is 2.55 bits per heavy atom. The van der Waals surface area contributed by atoms with Gasteiger partial charge in [0.1, 0.15) is 0 Å². The molecule has 11 heavy (non-hydrogen) atoms. The monoisotopic (exact) mass is 163 g/mol. The predicted octanol–water partition coefficient (Wildman–Crippen LogP) is 0.0569. The minimum Gasteiger partial charge on any atom is -0.472 e. The number of aliphatic carboxylic acids is 1. The summed E-state index contributed by atoms with van der Waals surface area (Å²) in [6.45, 7) is 0. The number of hydrogen-bond acceptors (Lipinski definition) is 2. The molecule has 0 fully saturated rings. The highest BCUT2D eigenvalue weighted by Gasteiger charge is 2.07. The van der Waals surface area contributed by atoms with E-state index >= 15 is 0 Å². The van der Waals surface area contributed by atoms with Crippen LogP contribution in [0.4, 0.5) is 8.78 Å². The molecule has 0 bridgehead atoms. The first kappa shape index (κ1) is 9.85. The van der Waals surface area contributed by atoms with Crippen LogP contribution in [0.3, 0.4) is 0 Å². The highest BCUT2D eigenvalue weighted by Crippen LogP contribution is 2.00. The maximum Gasteiger partial charge on any atom is 0.381 e. The summed E-state index contributed by atoms with van der Waals surface area (Å²) in [5.74, 6) is 2.25. The van der Waals surface area contributed by atoms with Gasteiger partial charge in [0.2, 0.25) is 6.43 Å². The molecule has 62 valence electrons. The first-order chi connectivity index (χ1) is 5.02. The van der Waals surface area contributed by atoms with E-state index in [1.165, 1.54) is 0 Å². The maximum absolute atomic E-state index is 11.5. The van der Waals surface area contributed by atoms with Gasteiger partial charge in [-0.15, -0.1) is 0 Å². The molecule has 5 heteroatoms. The van der Waals surface area contributed by atoms with Crippen LogP contribution < -0.4 is 5.73 Å². The molecule has 3 N–H and O–H groups in total. The molecule has 0 radical (unpaired) electrons. The molecule has 0 rings (SSSR count). The lowest BCUT2D eigenvalue weighted by Gasteiger charge is -2.00. The topological polar surface area (TPSA) is 63.3 Å². The molecule has 0 aromatic carbocycles. The molecule has 1 unspecified atom stereocenters. The van der Waals surface area contributed by atoms with E-state index in [0.29, 0.717) is 0 Å². The summed E-state index contributed by atoms with van der Waals surface area (Å²) in [5.41, 5.74) is 5.01. The van der Waals surface area contributed by atoms with Crippen LogP contribution in [0.15, 0.2) is 0 Å². The van der Waals surface area contributed by atoms with Gasteiger partial charge in [-0.25, -0.2) is 13.6 Å². The second-order valence-corrected chi connectivity index (χ2v) is 1.81. The van der Waals surface area contributed by atoms with Crippen LogP contribution in [-0.2, 0) is 4.79 Å². The molecular weight excluding hydrogens is 156 g/mol. The van der Waals surface area contributed by atoms with Crippen LogP contribution in [0.2, 0.25) is 0 Å². The average molecular weight is 163 g/mol. The zero-order chi connectivity index (χ0) is 8.85. The summed E-state index contributed by atoms with van der Waals surface area (Å²) in [5, 5.41) is 7.98. The molecule has 0 aliphatic heterocycles. The molecule has 0 aliphatic rings. The van der Waals surface area contributed by atoms with Gasteiger partial charge in [-0.3, -0.25) is 0 Å². The normalized spacial score (nSPS) is 12.0. The Bertz CT molecular complexity index is 194. The summed E-state index contributed by atoms with van der Waals surface area (Å²) >= 11 is 0. The Kier molecular flexibility index (Phi) is 4.15. The van der Waals surface area contributed by atoms with Gasteiger partial charge in [0.15, 0.2) is 0 Å². The highest BCUT2D eigenvalue weighted by atomic mass is 19.3. The number of halogens is 2. The van der Waals surface area contributed by atoms with Crippen molar-refractivity contribution in [3.05, 3.63) is 0 Å². The molecule has 3 nitrogen and oxygen atoms in total. The number of carboxylic acids is 1. The Hall–Kier alpha value is -1.15. The van der Waals surface area contributed by atoms with Crippen LogP contribution in [-0.4, -0.2) is 23.5 Å². The van der Waals surface area contributed by atoms with E-state index in [2.05, 4.69) is 0 Å². The van der Waals surface area contributed by atoms with Crippen LogP contribution >= 0.6 is 0 Å². The fraction of sp³-hybridized carbons (Fsp3) is 0.500. The SMILES string of the molecule is NC(C#CC(=O)O)CC(F)F. The largest absolute Gasteiger partial charge is 0.472 e. The molecule has 0 saturated carbocycles. The zero-order valence-corrected chi connectivity index (χ0v) is 5.55. The first-order valence-corrected chi connectivity index (χ1v) is 2.80. The lowest BCUT2D eigenvalue weighted by atomic mass is 10.2. The second kappa shape index (κ2) is 4.63. The minimum atomic E-state index is -2.55. The van der Waals surface area contributed by atoms with E-state index in [1.807, 2.05) is 5.92 Å². The molecular formula is C6H7F2NO2. The molecule has 0 saturated heterocycles. The highest BCUT2D eigenvalue weighted by molar-refractivity contribution is 5.86. The number of carboxylic acid groups (broad SMARTS) is 1. The van der Waals surface area contributed by atoms with Gasteiger partial charge in [0.25, 0.3) is 0 Å². The summed E-state index contributed by atoms with van der Waals surface area (Å²) in [6.07, 6.45) is -3.15. The molecule has 0 aliphatic carbocycles. The number of carbonyl (C=O) groups is 1. The van der Waals surface area contributed by atoms with Crippen LogP contribution in [0, 0.1) is 11.8 Å². The lowest BCUT2D eigenvalue weighted by Crippen LogP contribution is -2.20. The van der Waals surface area contributed by atoms with Crippen molar-refractivity contribution in [3.8, 4) is 11.8 Å². The standard InChI is InChI=1S/C6H7F2NO2/c7-5(8)3-4(9)1-2-6(10)11/h4-5H,3,9H2,(H,10,11). The maximum atomic E-state index is 11.5. The molecule has 0 aromatic heterocycles. The predicted molar refractivity (Wildman–Crippen MR) is 34.0 cm³/mol. The van der Waals surface area contributed by atoms with Crippen LogP contribution in [0.5, 0.6) is 0 Å². The van der Waals surface area contributed by atoms with Gasteiger partial charge in [-0.2, -0.15) is 0 Å². The third-order valence-electron chi connectivity index (χ3n) is 0.797. The minimum absolute atomic E-state index is 0.597. The third kappa shape index (κ3) is 6.74. The number of hydrogen-bond donors (Lipinski definition) is 2. The Balaban J connectivity index is 3.80. The Morgan fingerprint density at radius 1 is 1.64 bits per heavy atom. The first-order valence-electron chi connectivity index (χ1n) is 2.80. The lowest BCUT2D eigenvalue weighted by molar-refractivity contribution is -0.130. The second-order valence-electron chi connectivity index (χ2n) is 1.81. The van der Waals surface area contributed by atoms with E-state index in [4.69, 9.17) is 10.8 Å². The fourth-order valence-electron chi connectivity index (χ4n) is 0.405. The van der Waals surface area contributed by atoms with Crippen molar-refractivity contribution >= 4 is 5.97 Å². The number of alkyl halides is 2. The van der Waals surface area contributed by atoms with Gasteiger partial charge in [0.05, 0.1) is 6.04 Å². The van der Waals surface area contributed by atoms with Crippen LogP contribution in [0.25, 0.3) is 0 Å². The molecule has 0 amide bonds. The van der Waals surface area contributed by atoms with Crippen LogP contribution in [0.1, 0.15) is 6.42 Å². The summed E-state index contributed by atoms with van der Waals surface area (Å²) in [7, 11) is 0. The van der Waals surface area contributed by atoms with E-state index in [1.54, 1.807) is 5.92 Å².